The van der Waals surface area contributed by atoms with Crippen molar-refractivity contribution in [2.45, 2.75) is 46.2 Å². The summed E-state index contributed by atoms with van der Waals surface area (Å²) in [7, 11) is 0. The highest BCUT2D eigenvalue weighted by molar-refractivity contribution is 5.91. The van der Waals surface area contributed by atoms with Crippen LogP contribution in [0.2, 0.25) is 0 Å². The summed E-state index contributed by atoms with van der Waals surface area (Å²) in [6.45, 7) is 8.19. The lowest BCUT2D eigenvalue weighted by Crippen LogP contribution is -2.36. The molecule has 3 rings (SSSR count). The van der Waals surface area contributed by atoms with E-state index in [2.05, 4.69) is 0 Å². The molecule has 0 unspecified atom stereocenters. The number of ether oxygens (including phenoxy) is 1. The van der Waals surface area contributed by atoms with Gasteiger partial charge in [-0.1, -0.05) is 80.1 Å². The Morgan fingerprint density at radius 1 is 0.909 bits per heavy atom. The van der Waals surface area contributed by atoms with E-state index < -0.39 is 5.97 Å². The van der Waals surface area contributed by atoms with Crippen LogP contribution in [0.5, 0.6) is 5.75 Å². The molecule has 0 saturated heterocycles. The molecule has 1 atom stereocenters. The van der Waals surface area contributed by atoms with E-state index in [0.717, 1.165) is 22.3 Å². The van der Waals surface area contributed by atoms with Gasteiger partial charge in [0.2, 0.25) is 0 Å². The number of rotatable bonds is 9. The lowest BCUT2D eigenvalue weighted by atomic mass is 10.0. The maximum Gasteiger partial charge on any atom is 0.339 e. The maximum absolute atomic E-state index is 13.3. The van der Waals surface area contributed by atoms with Gasteiger partial charge in [0.1, 0.15) is 11.3 Å². The Balaban J connectivity index is 1.82. The Hall–Kier alpha value is -3.60. The van der Waals surface area contributed by atoms with Crippen LogP contribution in [0.15, 0.2) is 72.8 Å². The van der Waals surface area contributed by atoms with Crippen LogP contribution in [0.1, 0.15) is 65.3 Å². The van der Waals surface area contributed by atoms with Gasteiger partial charge in [0.25, 0.3) is 5.91 Å². The van der Waals surface area contributed by atoms with Crippen molar-refractivity contribution in [3.8, 4) is 5.75 Å². The summed E-state index contributed by atoms with van der Waals surface area (Å²) in [5.41, 5.74) is 4.16. The van der Waals surface area contributed by atoms with Crippen LogP contribution in [-0.2, 0) is 11.3 Å². The standard InChI is InChI=1S/C28H31NO4/c1-19(2)24-14-15-26(25(16-24)28(31)32)33-18-27(30)29(17-22-12-10-20(3)11-13-22)21(4)23-8-6-5-7-9-23/h5-16,19,21H,17-18H2,1-4H3,(H,31,32)/t21-/m0/s1. The van der Waals surface area contributed by atoms with Crippen molar-refractivity contribution in [3.05, 3.63) is 101 Å². The van der Waals surface area contributed by atoms with Gasteiger partial charge in [0.05, 0.1) is 6.04 Å². The van der Waals surface area contributed by atoms with Gasteiger partial charge in [0, 0.05) is 6.54 Å². The predicted octanol–water partition coefficient (Wildman–Crippen LogP) is 5.99. The predicted molar refractivity (Wildman–Crippen MR) is 130 cm³/mol. The first-order valence-corrected chi connectivity index (χ1v) is 11.2. The molecular formula is C28H31NO4. The molecule has 0 spiro atoms. The monoisotopic (exact) mass is 445 g/mol. The molecular weight excluding hydrogens is 414 g/mol. The van der Waals surface area contributed by atoms with Crippen molar-refractivity contribution < 1.29 is 19.4 Å². The molecule has 1 amide bonds. The number of aryl methyl sites for hydroxylation is 1. The number of carboxylic acids is 1. The molecule has 33 heavy (non-hydrogen) atoms. The molecule has 172 valence electrons. The zero-order valence-electron chi connectivity index (χ0n) is 19.6. The molecule has 0 aliphatic rings. The summed E-state index contributed by atoms with van der Waals surface area (Å²) in [6, 6.07) is 22.8. The third-order valence-corrected chi connectivity index (χ3v) is 5.80. The summed E-state index contributed by atoms with van der Waals surface area (Å²) in [5.74, 6) is -0.899. The first-order chi connectivity index (χ1) is 15.8. The van der Waals surface area contributed by atoms with E-state index in [9.17, 15) is 14.7 Å². The van der Waals surface area contributed by atoms with E-state index in [4.69, 9.17) is 4.74 Å². The van der Waals surface area contributed by atoms with Crippen LogP contribution in [0.3, 0.4) is 0 Å². The Kier molecular flexibility index (Phi) is 7.88. The van der Waals surface area contributed by atoms with Crippen molar-refractivity contribution >= 4 is 11.9 Å². The summed E-state index contributed by atoms with van der Waals surface area (Å²) in [6.07, 6.45) is 0. The van der Waals surface area contributed by atoms with Gasteiger partial charge in [0.15, 0.2) is 6.61 Å². The van der Waals surface area contributed by atoms with Crippen molar-refractivity contribution in [1.82, 2.24) is 4.90 Å². The Morgan fingerprint density at radius 2 is 1.58 bits per heavy atom. The molecule has 0 aliphatic heterocycles. The number of hydrogen-bond donors (Lipinski definition) is 1. The number of carboxylic acid groups (broad SMARTS) is 1. The Bertz CT molecular complexity index is 1090. The van der Waals surface area contributed by atoms with Crippen LogP contribution in [0.25, 0.3) is 0 Å². The van der Waals surface area contributed by atoms with E-state index in [-0.39, 0.29) is 35.8 Å². The SMILES string of the molecule is Cc1ccc(CN(C(=O)COc2ccc(C(C)C)cc2C(=O)O)[C@@H](C)c2ccccc2)cc1. The number of benzene rings is 3. The molecule has 0 radical (unpaired) electrons. The molecule has 0 fully saturated rings. The molecule has 0 bridgehead atoms. The zero-order chi connectivity index (χ0) is 24.0. The number of carbonyl (C=O) groups is 2. The molecule has 0 saturated carbocycles. The van der Waals surface area contributed by atoms with E-state index in [1.807, 2.05) is 88.4 Å². The lowest BCUT2D eigenvalue weighted by molar-refractivity contribution is -0.136. The van der Waals surface area contributed by atoms with Crippen LogP contribution in [0.4, 0.5) is 0 Å². The number of carbonyl (C=O) groups excluding carboxylic acids is 1. The van der Waals surface area contributed by atoms with E-state index >= 15 is 0 Å². The minimum Gasteiger partial charge on any atom is -0.483 e. The zero-order valence-corrected chi connectivity index (χ0v) is 19.6. The first kappa shape index (κ1) is 24.1. The van der Waals surface area contributed by atoms with E-state index in [1.165, 1.54) is 0 Å². The fourth-order valence-corrected chi connectivity index (χ4v) is 3.66. The Morgan fingerprint density at radius 3 is 2.18 bits per heavy atom. The normalized spacial score (nSPS) is 11.8. The van der Waals surface area contributed by atoms with Crippen molar-refractivity contribution in [2.24, 2.45) is 0 Å². The third kappa shape index (κ3) is 6.22. The minimum absolute atomic E-state index is 0.0650. The van der Waals surface area contributed by atoms with Gasteiger partial charge < -0.3 is 14.7 Å². The average molecular weight is 446 g/mol. The molecule has 5 nitrogen and oxygen atoms in total. The highest BCUT2D eigenvalue weighted by Gasteiger charge is 2.23. The van der Waals surface area contributed by atoms with Crippen molar-refractivity contribution in [3.63, 3.8) is 0 Å². The number of nitrogens with zero attached hydrogens (tertiary/aromatic N) is 1. The van der Waals surface area contributed by atoms with Crippen LogP contribution < -0.4 is 4.74 Å². The van der Waals surface area contributed by atoms with E-state index in [1.54, 1.807) is 17.0 Å². The molecule has 0 aliphatic carbocycles. The second kappa shape index (κ2) is 10.8. The summed E-state index contributed by atoms with van der Waals surface area (Å²) >= 11 is 0. The smallest absolute Gasteiger partial charge is 0.339 e. The molecule has 0 aromatic heterocycles. The van der Waals surface area contributed by atoms with Crippen LogP contribution >= 0.6 is 0 Å². The maximum atomic E-state index is 13.3. The minimum atomic E-state index is -1.07. The van der Waals surface area contributed by atoms with Crippen LogP contribution in [0, 0.1) is 6.92 Å². The number of hydrogen-bond acceptors (Lipinski definition) is 3. The molecule has 5 heteroatoms. The fraction of sp³-hybridized carbons (Fsp3) is 0.286. The molecule has 0 heterocycles. The third-order valence-electron chi connectivity index (χ3n) is 5.80. The quantitative estimate of drug-likeness (QED) is 0.440. The summed E-state index contributed by atoms with van der Waals surface area (Å²) in [5, 5.41) is 9.63. The second-order valence-corrected chi connectivity index (χ2v) is 8.60. The fourth-order valence-electron chi connectivity index (χ4n) is 3.66. The van der Waals surface area contributed by atoms with Gasteiger partial charge in [-0.25, -0.2) is 4.79 Å². The first-order valence-electron chi connectivity index (χ1n) is 11.2. The van der Waals surface area contributed by atoms with Gasteiger partial charge >= 0.3 is 5.97 Å². The number of amides is 1. The lowest BCUT2D eigenvalue weighted by Gasteiger charge is -2.30. The largest absolute Gasteiger partial charge is 0.483 e. The van der Waals surface area contributed by atoms with Gasteiger partial charge in [-0.2, -0.15) is 0 Å². The topological polar surface area (TPSA) is 66.8 Å². The average Bonchev–Trinajstić information content (AvgIpc) is 2.82. The van der Waals surface area contributed by atoms with Crippen molar-refractivity contribution in [2.75, 3.05) is 6.61 Å². The van der Waals surface area contributed by atoms with E-state index in [0.29, 0.717) is 6.54 Å². The molecule has 3 aromatic rings. The van der Waals surface area contributed by atoms with Gasteiger partial charge in [-0.3, -0.25) is 4.79 Å². The second-order valence-electron chi connectivity index (χ2n) is 8.60. The van der Waals surface area contributed by atoms with Crippen molar-refractivity contribution in [1.29, 1.82) is 0 Å². The number of aromatic carboxylic acids is 1. The summed E-state index contributed by atoms with van der Waals surface area (Å²) < 4.78 is 5.75. The molecule has 1 N–H and O–H groups in total. The highest BCUT2D eigenvalue weighted by atomic mass is 16.5. The molecule has 3 aromatic carbocycles. The highest BCUT2D eigenvalue weighted by Crippen LogP contribution is 2.26. The van der Waals surface area contributed by atoms with Crippen LogP contribution in [-0.4, -0.2) is 28.5 Å². The van der Waals surface area contributed by atoms with Gasteiger partial charge in [-0.15, -0.1) is 0 Å². The summed E-state index contributed by atoms with van der Waals surface area (Å²) in [4.78, 5) is 26.8. The Labute approximate surface area is 195 Å². The van der Waals surface area contributed by atoms with Gasteiger partial charge in [-0.05, 0) is 48.6 Å².